The maximum Gasteiger partial charge on any atom is 0.282 e. The van der Waals surface area contributed by atoms with Crippen molar-refractivity contribution in [3.8, 4) is 0 Å². The van der Waals surface area contributed by atoms with E-state index in [2.05, 4.69) is 18.3 Å². The topological polar surface area (TPSA) is 58.3 Å². The first-order valence-corrected chi connectivity index (χ1v) is 10.6. The van der Waals surface area contributed by atoms with Gasteiger partial charge in [0.25, 0.3) is 11.8 Å². The van der Waals surface area contributed by atoms with Gasteiger partial charge in [0.1, 0.15) is 32.0 Å². The third-order valence-corrected chi connectivity index (χ3v) is 6.08. The zero-order chi connectivity index (χ0) is 21.1. The lowest BCUT2D eigenvalue weighted by molar-refractivity contribution is -1.00. The van der Waals surface area contributed by atoms with Gasteiger partial charge in [-0.2, -0.15) is 0 Å². The highest BCUT2D eigenvalue weighted by Gasteiger charge is 2.34. The zero-order valence-electron chi connectivity index (χ0n) is 17.3. The van der Waals surface area contributed by atoms with E-state index in [9.17, 15) is 14.0 Å². The fraction of sp³-hybridized carbons (Fsp3) is 0.391. The van der Waals surface area contributed by atoms with Crippen LogP contribution in [-0.4, -0.2) is 57.1 Å². The predicted molar refractivity (Wildman–Crippen MR) is 113 cm³/mol. The van der Waals surface area contributed by atoms with Crippen molar-refractivity contribution in [2.45, 2.75) is 19.4 Å². The van der Waals surface area contributed by atoms with Crippen LogP contribution < -0.4 is 20.0 Å². The molecule has 0 aliphatic carbocycles. The summed E-state index contributed by atoms with van der Waals surface area (Å²) in [7, 11) is 0. The Morgan fingerprint density at radius 1 is 1.00 bits per heavy atom. The van der Waals surface area contributed by atoms with Crippen molar-refractivity contribution >= 4 is 23.2 Å². The lowest BCUT2D eigenvalue weighted by atomic mass is 10.1. The average molecular weight is 413 g/mol. The molecule has 2 aromatic carbocycles. The average Bonchev–Trinajstić information content (AvgIpc) is 3.07. The molecule has 0 aromatic heterocycles. The van der Waals surface area contributed by atoms with Crippen LogP contribution in [-0.2, 0) is 16.0 Å². The van der Waals surface area contributed by atoms with Crippen LogP contribution in [0.4, 0.5) is 15.8 Å². The van der Waals surface area contributed by atoms with E-state index in [1.54, 1.807) is 12.1 Å². The standard InChI is InChI=1S/C23H27FN4O2/c1-17-14-18-4-2-3-5-21(18)28(17)23(30)16-27-12-10-26(11-13-27)15-22(29)25-20-8-6-19(24)7-9-20/h2-9,17H,10-16H2,1H3,(H,25,29)/p+2/t17-/m1/s1. The van der Waals surface area contributed by atoms with E-state index in [4.69, 9.17) is 0 Å². The summed E-state index contributed by atoms with van der Waals surface area (Å²) in [5, 5.41) is 2.82. The van der Waals surface area contributed by atoms with Crippen molar-refractivity contribution < 1.29 is 23.8 Å². The highest BCUT2D eigenvalue weighted by Crippen LogP contribution is 2.31. The second-order valence-electron chi connectivity index (χ2n) is 8.35. The minimum Gasteiger partial charge on any atom is -0.321 e. The Bertz CT molecular complexity index is 910. The summed E-state index contributed by atoms with van der Waals surface area (Å²) in [4.78, 5) is 29.7. The number of quaternary nitrogens is 2. The van der Waals surface area contributed by atoms with Crippen LogP contribution in [0.1, 0.15) is 12.5 Å². The minimum absolute atomic E-state index is 0.0707. The van der Waals surface area contributed by atoms with Crippen molar-refractivity contribution in [1.82, 2.24) is 0 Å². The number of anilines is 2. The third kappa shape index (κ3) is 4.68. The fourth-order valence-corrected chi connectivity index (χ4v) is 4.52. The van der Waals surface area contributed by atoms with E-state index in [0.29, 0.717) is 18.8 Å². The molecule has 1 atom stereocenters. The van der Waals surface area contributed by atoms with Gasteiger partial charge >= 0.3 is 0 Å². The van der Waals surface area contributed by atoms with Gasteiger partial charge in [-0.25, -0.2) is 4.39 Å². The van der Waals surface area contributed by atoms with Gasteiger partial charge in [-0.3, -0.25) is 9.59 Å². The van der Waals surface area contributed by atoms with Gasteiger partial charge in [0.15, 0.2) is 13.1 Å². The molecular formula is C23H29FN4O2+2. The van der Waals surface area contributed by atoms with Gasteiger partial charge in [-0.1, -0.05) is 18.2 Å². The van der Waals surface area contributed by atoms with E-state index in [0.717, 1.165) is 38.3 Å². The number of nitrogens with zero attached hydrogens (tertiary/aromatic N) is 1. The van der Waals surface area contributed by atoms with Crippen molar-refractivity contribution in [2.24, 2.45) is 0 Å². The second-order valence-corrected chi connectivity index (χ2v) is 8.35. The lowest BCUT2D eigenvalue weighted by Crippen LogP contribution is -3.28. The highest BCUT2D eigenvalue weighted by atomic mass is 19.1. The van der Waals surface area contributed by atoms with Crippen molar-refractivity contribution in [3.63, 3.8) is 0 Å². The molecule has 4 rings (SSSR count). The van der Waals surface area contributed by atoms with Gasteiger partial charge in [-0.05, 0) is 49.2 Å². The quantitative estimate of drug-likeness (QED) is 0.622. The van der Waals surface area contributed by atoms with Crippen molar-refractivity contribution in [2.75, 3.05) is 49.5 Å². The molecule has 1 saturated heterocycles. The summed E-state index contributed by atoms with van der Waals surface area (Å²) in [6.07, 6.45) is 0.915. The number of benzene rings is 2. The smallest absolute Gasteiger partial charge is 0.282 e. The van der Waals surface area contributed by atoms with Gasteiger partial charge < -0.3 is 20.0 Å². The van der Waals surface area contributed by atoms with Crippen LogP contribution in [0.15, 0.2) is 48.5 Å². The van der Waals surface area contributed by atoms with E-state index in [1.807, 2.05) is 23.1 Å². The lowest BCUT2D eigenvalue weighted by Gasteiger charge is -2.31. The molecule has 2 aliphatic heterocycles. The van der Waals surface area contributed by atoms with Crippen LogP contribution in [0.5, 0.6) is 0 Å². The molecule has 2 amide bonds. The molecule has 2 heterocycles. The molecule has 2 aliphatic rings. The Hall–Kier alpha value is -2.77. The number of piperazine rings is 1. The first-order valence-electron chi connectivity index (χ1n) is 10.6. The number of rotatable bonds is 5. The van der Waals surface area contributed by atoms with E-state index >= 15 is 0 Å². The first-order chi connectivity index (χ1) is 14.5. The number of para-hydroxylation sites is 1. The molecule has 3 N–H and O–H groups in total. The summed E-state index contributed by atoms with van der Waals surface area (Å²) >= 11 is 0. The highest BCUT2D eigenvalue weighted by molar-refractivity contribution is 5.96. The van der Waals surface area contributed by atoms with Gasteiger partial charge in [0.2, 0.25) is 0 Å². The monoisotopic (exact) mass is 412 g/mol. The molecule has 0 bridgehead atoms. The summed E-state index contributed by atoms with van der Waals surface area (Å²) in [6, 6.07) is 14.2. The molecule has 1 fully saturated rings. The molecule has 7 heteroatoms. The number of hydrogen-bond donors (Lipinski definition) is 3. The Morgan fingerprint density at radius 2 is 1.63 bits per heavy atom. The SMILES string of the molecule is C[C@@H]1Cc2ccccc2N1C(=O)C[NH+]1CC[NH+](CC(=O)Nc2ccc(F)cc2)CC1. The summed E-state index contributed by atoms with van der Waals surface area (Å²) in [6.45, 7) is 6.43. The van der Waals surface area contributed by atoms with Gasteiger partial charge in [0, 0.05) is 17.4 Å². The van der Waals surface area contributed by atoms with Crippen LogP contribution >= 0.6 is 0 Å². The van der Waals surface area contributed by atoms with E-state index < -0.39 is 0 Å². The molecule has 158 valence electrons. The number of amides is 2. The summed E-state index contributed by atoms with van der Waals surface area (Å²) in [5.41, 5.74) is 2.90. The Labute approximate surface area is 176 Å². The molecule has 0 spiro atoms. The van der Waals surface area contributed by atoms with Crippen LogP contribution in [0, 0.1) is 5.82 Å². The number of hydrogen-bond acceptors (Lipinski definition) is 2. The summed E-state index contributed by atoms with van der Waals surface area (Å²) < 4.78 is 13.0. The molecular weight excluding hydrogens is 383 g/mol. The number of carbonyl (C=O) groups is 2. The van der Waals surface area contributed by atoms with Crippen molar-refractivity contribution in [3.05, 3.63) is 59.9 Å². The maximum absolute atomic E-state index is 13.0. The molecule has 2 aromatic rings. The maximum atomic E-state index is 13.0. The zero-order valence-corrected chi connectivity index (χ0v) is 17.3. The van der Waals surface area contributed by atoms with E-state index in [1.165, 1.54) is 27.5 Å². The molecule has 30 heavy (non-hydrogen) atoms. The van der Waals surface area contributed by atoms with Gasteiger partial charge in [-0.15, -0.1) is 0 Å². The van der Waals surface area contributed by atoms with Gasteiger partial charge in [0.05, 0.1) is 0 Å². The number of halogens is 1. The number of fused-ring (bicyclic) bond motifs is 1. The number of carbonyl (C=O) groups excluding carboxylic acids is 2. The van der Waals surface area contributed by atoms with Crippen LogP contribution in [0.25, 0.3) is 0 Å². The van der Waals surface area contributed by atoms with Crippen LogP contribution in [0.2, 0.25) is 0 Å². The predicted octanol–water partition coefficient (Wildman–Crippen LogP) is -0.475. The normalized spacial score (nSPS) is 23.1. The third-order valence-electron chi connectivity index (χ3n) is 6.08. The molecule has 0 saturated carbocycles. The molecule has 0 unspecified atom stereocenters. The Kier molecular flexibility index (Phi) is 6.11. The van der Waals surface area contributed by atoms with Crippen molar-refractivity contribution in [1.29, 1.82) is 0 Å². The Morgan fingerprint density at radius 3 is 2.33 bits per heavy atom. The summed E-state index contributed by atoms with van der Waals surface area (Å²) in [5.74, 6) is -0.210. The largest absolute Gasteiger partial charge is 0.321 e. The second kappa shape index (κ2) is 8.93. The first kappa shape index (κ1) is 20.5. The Balaban J connectivity index is 1.24. The molecule has 6 nitrogen and oxygen atoms in total. The number of nitrogens with one attached hydrogen (secondary N) is 3. The van der Waals surface area contributed by atoms with Crippen LogP contribution in [0.3, 0.4) is 0 Å². The van der Waals surface area contributed by atoms with E-state index in [-0.39, 0.29) is 23.7 Å². The molecule has 0 radical (unpaired) electrons. The minimum atomic E-state index is -0.320. The fourth-order valence-electron chi connectivity index (χ4n) is 4.52.